The highest BCUT2D eigenvalue weighted by Gasteiger charge is 2.41. The van der Waals surface area contributed by atoms with Crippen molar-refractivity contribution in [2.75, 3.05) is 13.1 Å². The summed E-state index contributed by atoms with van der Waals surface area (Å²) < 4.78 is 0. The Labute approximate surface area is 126 Å². The van der Waals surface area contributed by atoms with Crippen LogP contribution in [0, 0.1) is 6.57 Å². The predicted molar refractivity (Wildman–Crippen MR) is 85.7 cm³/mol. The van der Waals surface area contributed by atoms with Crippen LogP contribution in [-0.4, -0.2) is 18.0 Å². The second kappa shape index (κ2) is 6.11. The molecule has 0 atom stereocenters. The van der Waals surface area contributed by atoms with Crippen molar-refractivity contribution in [2.45, 2.75) is 24.9 Å². The van der Waals surface area contributed by atoms with Crippen molar-refractivity contribution >= 4 is 0 Å². The van der Waals surface area contributed by atoms with Gasteiger partial charge in [0.25, 0.3) is 5.54 Å². The van der Waals surface area contributed by atoms with Crippen molar-refractivity contribution in [3.63, 3.8) is 0 Å². The maximum absolute atomic E-state index is 7.68. The molecule has 2 heteroatoms. The van der Waals surface area contributed by atoms with Gasteiger partial charge in [-0.15, -0.1) is 0 Å². The molecule has 0 aliphatic carbocycles. The van der Waals surface area contributed by atoms with Gasteiger partial charge in [-0.2, -0.15) is 0 Å². The van der Waals surface area contributed by atoms with E-state index in [1.54, 1.807) is 0 Å². The summed E-state index contributed by atoms with van der Waals surface area (Å²) in [6.07, 6.45) is 1.85. The zero-order chi connectivity index (χ0) is 14.5. The number of hydrogen-bond donors (Lipinski definition) is 0. The maximum Gasteiger partial charge on any atom is 0.260 e. The van der Waals surface area contributed by atoms with Crippen molar-refractivity contribution in [1.29, 1.82) is 0 Å². The van der Waals surface area contributed by atoms with Crippen LogP contribution >= 0.6 is 0 Å². The van der Waals surface area contributed by atoms with Crippen LogP contribution in [0.3, 0.4) is 0 Å². The molecule has 21 heavy (non-hydrogen) atoms. The second-order valence-corrected chi connectivity index (χ2v) is 5.77. The third kappa shape index (κ3) is 2.99. The first-order valence-electron chi connectivity index (χ1n) is 7.53. The molecule has 0 amide bonds. The zero-order valence-corrected chi connectivity index (χ0v) is 12.2. The summed E-state index contributed by atoms with van der Waals surface area (Å²) in [7, 11) is 0. The molecule has 2 nitrogen and oxygen atoms in total. The average molecular weight is 276 g/mol. The summed E-state index contributed by atoms with van der Waals surface area (Å²) in [6, 6.07) is 20.9. The lowest BCUT2D eigenvalue weighted by Gasteiger charge is -2.34. The van der Waals surface area contributed by atoms with Crippen LogP contribution in [-0.2, 0) is 12.1 Å². The monoisotopic (exact) mass is 276 g/mol. The molecule has 0 unspecified atom stereocenters. The molecule has 1 aliphatic heterocycles. The number of benzene rings is 2. The van der Waals surface area contributed by atoms with E-state index in [0.29, 0.717) is 0 Å². The van der Waals surface area contributed by atoms with E-state index in [2.05, 4.69) is 52.2 Å². The highest BCUT2D eigenvalue weighted by molar-refractivity contribution is 5.29. The van der Waals surface area contributed by atoms with E-state index in [1.807, 2.05) is 18.2 Å². The fraction of sp³-hybridized carbons (Fsp3) is 0.316. The SMILES string of the molecule is [C-]#[N+]C1(c2ccccc2)CCN(Cc2ccccc2)CC1. The fourth-order valence-electron chi connectivity index (χ4n) is 3.14. The van der Waals surface area contributed by atoms with E-state index < -0.39 is 0 Å². The molecule has 0 radical (unpaired) electrons. The van der Waals surface area contributed by atoms with Crippen LogP contribution in [0.4, 0.5) is 0 Å². The minimum atomic E-state index is -0.311. The van der Waals surface area contributed by atoms with Crippen LogP contribution in [0.15, 0.2) is 60.7 Å². The first-order valence-corrected chi connectivity index (χ1v) is 7.53. The van der Waals surface area contributed by atoms with Crippen LogP contribution < -0.4 is 0 Å². The number of rotatable bonds is 3. The second-order valence-electron chi connectivity index (χ2n) is 5.77. The van der Waals surface area contributed by atoms with Gasteiger partial charge in [0.2, 0.25) is 0 Å². The van der Waals surface area contributed by atoms with Gasteiger partial charge in [0.1, 0.15) is 0 Å². The molecule has 1 fully saturated rings. The zero-order valence-electron chi connectivity index (χ0n) is 12.2. The average Bonchev–Trinajstić information content (AvgIpc) is 2.58. The van der Waals surface area contributed by atoms with Gasteiger partial charge in [-0.1, -0.05) is 60.7 Å². The molecule has 106 valence electrons. The third-order valence-electron chi connectivity index (χ3n) is 4.46. The van der Waals surface area contributed by atoms with Gasteiger partial charge in [0.05, 0.1) is 0 Å². The molecule has 1 aliphatic rings. The van der Waals surface area contributed by atoms with E-state index in [1.165, 1.54) is 11.1 Å². The Morgan fingerprint density at radius 3 is 2.05 bits per heavy atom. The van der Waals surface area contributed by atoms with Gasteiger partial charge in [-0.25, -0.2) is 6.57 Å². The third-order valence-corrected chi connectivity index (χ3v) is 4.46. The fourth-order valence-corrected chi connectivity index (χ4v) is 3.14. The van der Waals surface area contributed by atoms with Crippen molar-refractivity contribution < 1.29 is 0 Å². The lowest BCUT2D eigenvalue weighted by Crippen LogP contribution is -2.40. The number of piperidine rings is 1. The molecule has 0 bridgehead atoms. The number of hydrogen-bond acceptors (Lipinski definition) is 1. The topological polar surface area (TPSA) is 7.60 Å². The predicted octanol–water partition coefficient (Wildman–Crippen LogP) is 4.10. The Kier molecular flexibility index (Phi) is 4.03. The number of likely N-dealkylation sites (tertiary alicyclic amines) is 1. The largest absolute Gasteiger partial charge is 0.305 e. The Morgan fingerprint density at radius 2 is 1.48 bits per heavy atom. The van der Waals surface area contributed by atoms with Gasteiger partial charge >= 0.3 is 0 Å². The van der Waals surface area contributed by atoms with Crippen LogP contribution in [0.2, 0.25) is 0 Å². The summed E-state index contributed by atoms with van der Waals surface area (Å²) in [6.45, 7) is 10.7. The van der Waals surface area contributed by atoms with E-state index >= 15 is 0 Å². The van der Waals surface area contributed by atoms with Crippen LogP contribution in [0.25, 0.3) is 4.85 Å². The highest BCUT2D eigenvalue weighted by Crippen LogP contribution is 2.37. The first kappa shape index (κ1) is 13.9. The van der Waals surface area contributed by atoms with Crippen molar-refractivity contribution in [3.8, 4) is 0 Å². The van der Waals surface area contributed by atoms with Crippen LogP contribution in [0.5, 0.6) is 0 Å². The highest BCUT2D eigenvalue weighted by atomic mass is 15.1. The number of nitrogens with zero attached hydrogens (tertiary/aromatic N) is 2. The summed E-state index contributed by atoms with van der Waals surface area (Å²) in [5.41, 5.74) is 2.22. The molecule has 1 saturated heterocycles. The van der Waals surface area contributed by atoms with Gasteiger partial charge in [-0.05, 0) is 5.56 Å². The quantitative estimate of drug-likeness (QED) is 0.766. The lowest BCUT2D eigenvalue weighted by atomic mass is 9.81. The lowest BCUT2D eigenvalue weighted by molar-refractivity contribution is 0.175. The van der Waals surface area contributed by atoms with Gasteiger partial charge in [0.15, 0.2) is 0 Å². The molecule has 0 N–H and O–H groups in total. The first-order chi connectivity index (χ1) is 10.3. The molecule has 0 aromatic heterocycles. The smallest absolute Gasteiger partial charge is 0.260 e. The molecular weight excluding hydrogens is 256 g/mol. The molecule has 1 heterocycles. The molecular formula is C19H20N2. The van der Waals surface area contributed by atoms with Crippen molar-refractivity contribution in [1.82, 2.24) is 4.90 Å². The summed E-state index contributed by atoms with van der Waals surface area (Å²) in [5, 5.41) is 0. The summed E-state index contributed by atoms with van der Waals surface area (Å²) in [5.74, 6) is 0. The van der Waals surface area contributed by atoms with E-state index in [9.17, 15) is 0 Å². The Hall–Kier alpha value is -2.11. The minimum Gasteiger partial charge on any atom is -0.305 e. The van der Waals surface area contributed by atoms with E-state index in [0.717, 1.165) is 32.5 Å². The molecule has 2 aromatic rings. The Bertz CT molecular complexity index is 605. The van der Waals surface area contributed by atoms with Crippen molar-refractivity contribution in [2.24, 2.45) is 0 Å². The van der Waals surface area contributed by atoms with E-state index in [4.69, 9.17) is 6.57 Å². The maximum atomic E-state index is 7.68. The summed E-state index contributed by atoms with van der Waals surface area (Å²) in [4.78, 5) is 6.47. The van der Waals surface area contributed by atoms with Crippen LogP contribution in [0.1, 0.15) is 24.0 Å². The van der Waals surface area contributed by atoms with Gasteiger partial charge in [-0.3, -0.25) is 4.90 Å². The van der Waals surface area contributed by atoms with E-state index in [-0.39, 0.29) is 5.54 Å². The molecule has 0 spiro atoms. The standard InChI is InChI=1S/C19H20N2/c1-20-19(18-10-6-3-7-11-18)12-14-21(15-13-19)16-17-8-4-2-5-9-17/h2-11H,12-16H2. The van der Waals surface area contributed by atoms with Gasteiger partial charge in [0, 0.05) is 38.0 Å². The van der Waals surface area contributed by atoms with Crippen molar-refractivity contribution in [3.05, 3.63) is 83.2 Å². The van der Waals surface area contributed by atoms with Gasteiger partial charge < -0.3 is 4.85 Å². The normalized spacial score (nSPS) is 18.0. The minimum absolute atomic E-state index is 0.311. The summed E-state index contributed by atoms with van der Waals surface area (Å²) >= 11 is 0. The molecule has 2 aromatic carbocycles. The Morgan fingerprint density at radius 1 is 0.905 bits per heavy atom. The molecule has 3 rings (SSSR count). The molecule has 0 saturated carbocycles. The Balaban J connectivity index is 1.68.